The topological polar surface area (TPSA) is 40.6 Å². The highest BCUT2D eigenvalue weighted by Crippen LogP contribution is 2.32. The molecule has 3 aromatic carbocycles. The molecule has 31 heavy (non-hydrogen) atoms. The van der Waals surface area contributed by atoms with E-state index >= 15 is 0 Å². The molecule has 0 bridgehead atoms. The second kappa shape index (κ2) is 9.25. The summed E-state index contributed by atoms with van der Waals surface area (Å²) < 4.78 is 28.4. The van der Waals surface area contributed by atoms with Gasteiger partial charge in [0.1, 0.15) is 0 Å². The molecular formula is C26H30N2O2S. The molecule has 162 valence electrons. The van der Waals surface area contributed by atoms with Gasteiger partial charge in [-0.05, 0) is 61.2 Å². The van der Waals surface area contributed by atoms with Crippen LogP contribution in [0.3, 0.4) is 0 Å². The molecule has 4 rings (SSSR count). The van der Waals surface area contributed by atoms with Crippen molar-refractivity contribution in [2.24, 2.45) is 5.92 Å². The number of hydrogen-bond acceptors (Lipinski definition) is 3. The molecule has 0 saturated heterocycles. The zero-order chi connectivity index (χ0) is 21.8. The molecule has 0 N–H and O–H groups in total. The lowest BCUT2D eigenvalue weighted by Crippen LogP contribution is -2.44. The summed E-state index contributed by atoms with van der Waals surface area (Å²) in [4.78, 5) is 2.14. The van der Waals surface area contributed by atoms with Gasteiger partial charge in [0, 0.05) is 13.1 Å². The minimum atomic E-state index is -3.41. The number of fused-ring (bicyclic) bond motifs is 1. The summed E-state index contributed by atoms with van der Waals surface area (Å²) in [6.07, 6.45) is 1.43. The normalized spacial score (nSPS) is 16.4. The molecule has 4 nitrogen and oxygen atoms in total. The Hall–Kier alpha value is -2.63. The molecular weight excluding hydrogens is 404 g/mol. The predicted octanol–water partition coefficient (Wildman–Crippen LogP) is 4.47. The molecule has 0 radical (unpaired) electrons. The van der Waals surface area contributed by atoms with Gasteiger partial charge in [-0.1, -0.05) is 72.8 Å². The van der Waals surface area contributed by atoms with Gasteiger partial charge in [0.2, 0.25) is 10.0 Å². The van der Waals surface area contributed by atoms with E-state index < -0.39 is 10.0 Å². The van der Waals surface area contributed by atoms with Gasteiger partial charge >= 0.3 is 0 Å². The van der Waals surface area contributed by atoms with E-state index in [1.165, 1.54) is 5.56 Å². The van der Waals surface area contributed by atoms with E-state index in [1.807, 2.05) is 62.6 Å². The van der Waals surface area contributed by atoms with Crippen molar-refractivity contribution in [1.82, 2.24) is 4.90 Å². The first-order valence-electron chi connectivity index (χ1n) is 10.8. The molecule has 0 fully saturated rings. The van der Waals surface area contributed by atoms with Gasteiger partial charge in [0.05, 0.1) is 11.4 Å². The van der Waals surface area contributed by atoms with Crippen LogP contribution in [0.2, 0.25) is 0 Å². The number of para-hydroxylation sites is 1. The van der Waals surface area contributed by atoms with Crippen LogP contribution >= 0.6 is 0 Å². The summed E-state index contributed by atoms with van der Waals surface area (Å²) in [6, 6.07) is 26.3. The highest BCUT2D eigenvalue weighted by Gasteiger charge is 2.31. The van der Waals surface area contributed by atoms with Gasteiger partial charge < -0.3 is 4.90 Å². The molecule has 1 heterocycles. The van der Waals surface area contributed by atoms with Crippen LogP contribution in [0.4, 0.5) is 5.69 Å². The molecule has 0 saturated carbocycles. The molecule has 1 aliphatic rings. The van der Waals surface area contributed by atoms with Gasteiger partial charge in [-0.25, -0.2) is 8.42 Å². The fraction of sp³-hybridized carbons (Fsp3) is 0.308. The maximum absolute atomic E-state index is 13.4. The summed E-state index contributed by atoms with van der Waals surface area (Å²) in [5, 5.41) is 0. The Morgan fingerprint density at radius 3 is 2.23 bits per heavy atom. The Labute approximate surface area is 186 Å². The summed E-state index contributed by atoms with van der Waals surface area (Å²) in [5.41, 5.74) is 5.31. The van der Waals surface area contributed by atoms with Crippen LogP contribution in [-0.2, 0) is 22.9 Å². The molecule has 3 aromatic rings. The summed E-state index contributed by atoms with van der Waals surface area (Å²) >= 11 is 0. The first kappa shape index (κ1) is 21.6. The van der Waals surface area contributed by atoms with Gasteiger partial charge in [-0.15, -0.1) is 0 Å². The lowest BCUT2D eigenvalue weighted by atomic mass is 9.94. The Balaban J connectivity index is 1.49. The summed E-state index contributed by atoms with van der Waals surface area (Å²) in [5.74, 6) is 0.408. The minimum Gasteiger partial charge on any atom is -0.309 e. The maximum Gasteiger partial charge on any atom is 0.235 e. The largest absolute Gasteiger partial charge is 0.309 e. The molecule has 0 spiro atoms. The summed E-state index contributed by atoms with van der Waals surface area (Å²) in [6.45, 7) is 1.42. The van der Waals surface area contributed by atoms with E-state index in [0.717, 1.165) is 35.3 Å². The maximum atomic E-state index is 13.4. The second-order valence-corrected chi connectivity index (χ2v) is 10.6. The molecule has 0 aromatic heterocycles. The van der Waals surface area contributed by atoms with Crippen LogP contribution in [0.15, 0.2) is 78.9 Å². The molecule has 1 unspecified atom stereocenters. The first-order chi connectivity index (χ1) is 14.9. The SMILES string of the molecule is CN(C)CC1Cc2ccccc2N(S(=O)(=O)CCc2ccc(-c3ccccc3)cc2)C1. The highest BCUT2D eigenvalue weighted by molar-refractivity contribution is 7.92. The Morgan fingerprint density at radius 1 is 0.871 bits per heavy atom. The molecule has 0 aliphatic carbocycles. The Bertz CT molecular complexity index is 1110. The first-order valence-corrected chi connectivity index (χ1v) is 12.4. The number of sulfonamides is 1. The number of anilines is 1. The highest BCUT2D eigenvalue weighted by atomic mass is 32.2. The van der Waals surface area contributed by atoms with Crippen molar-refractivity contribution in [2.45, 2.75) is 12.8 Å². The van der Waals surface area contributed by atoms with Crippen LogP contribution in [0.25, 0.3) is 11.1 Å². The number of nitrogens with zero attached hydrogens (tertiary/aromatic N) is 2. The van der Waals surface area contributed by atoms with Crippen LogP contribution in [0.1, 0.15) is 11.1 Å². The van der Waals surface area contributed by atoms with Crippen molar-refractivity contribution in [3.8, 4) is 11.1 Å². The van der Waals surface area contributed by atoms with E-state index in [9.17, 15) is 8.42 Å². The lowest BCUT2D eigenvalue weighted by Gasteiger charge is -2.36. The average Bonchev–Trinajstić information content (AvgIpc) is 2.78. The van der Waals surface area contributed by atoms with Crippen molar-refractivity contribution in [2.75, 3.05) is 37.2 Å². The van der Waals surface area contributed by atoms with Crippen molar-refractivity contribution in [3.63, 3.8) is 0 Å². The smallest absolute Gasteiger partial charge is 0.235 e. The zero-order valence-electron chi connectivity index (χ0n) is 18.2. The minimum absolute atomic E-state index is 0.112. The third kappa shape index (κ3) is 5.17. The third-order valence-corrected chi connectivity index (χ3v) is 7.60. The van der Waals surface area contributed by atoms with E-state index in [-0.39, 0.29) is 5.75 Å². The van der Waals surface area contributed by atoms with Crippen molar-refractivity contribution in [1.29, 1.82) is 0 Å². The Morgan fingerprint density at radius 2 is 1.52 bits per heavy atom. The van der Waals surface area contributed by atoms with E-state index in [2.05, 4.69) is 35.2 Å². The van der Waals surface area contributed by atoms with Gasteiger partial charge in [-0.2, -0.15) is 0 Å². The molecule has 1 aliphatic heterocycles. The van der Waals surface area contributed by atoms with Gasteiger partial charge in [0.25, 0.3) is 0 Å². The standard InChI is InChI=1S/C26H30N2O2S/c1-27(2)19-22-18-25-10-6-7-11-26(25)28(20-22)31(29,30)17-16-21-12-14-24(15-13-21)23-8-4-3-5-9-23/h3-15,22H,16-20H2,1-2H3. The van der Waals surface area contributed by atoms with Crippen molar-refractivity contribution < 1.29 is 8.42 Å². The predicted molar refractivity (Wildman–Crippen MR) is 129 cm³/mol. The van der Waals surface area contributed by atoms with Crippen LogP contribution in [-0.4, -0.2) is 46.3 Å². The fourth-order valence-corrected chi connectivity index (χ4v) is 6.02. The Kier molecular flexibility index (Phi) is 6.44. The fourth-order valence-electron chi connectivity index (χ4n) is 4.39. The summed E-state index contributed by atoms with van der Waals surface area (Å²) in [7, 11) is 0.669. The van der Waals surface area contributed by atoms with Crippen molar-refractivity contribution in [3.05, 3.63) is 90.0 Å². The van der Waals surface area contributed by atoms with Crippen LogP contribution in [0, 0.1) is 5.92 Å². The lowest BCUT2D eigenvalue weighted by molar-refractivity contribution is 0.323. The van der Waals surface area contributed by atoms with E-state index in [4.69, 9.17) is 0 Å². The second-order valence-electron chi connectivity index (χ2n) is 8.62. The van der Waals surface area contributed by atoms with Crippen LogP contribution in [0.5, 0.6) is 0 Å². The monoisotopic (exact) mass is 434 g/mol. The number of benzene rings is 3. The van der Waals surface area contributed by atoms with E-state index in [1.54, 1.807) is 4.31 Å². The van der Waals surface area contributed by atoms with Gasteiger partial charge in [0.15, 0.2) is 0 Å². The molecule has 0 amide bonds. The van der Waals surface area contributed by atoms with Gasteiger partial charge in [-0.3, -0.25) is 4.31 Å². The quantitative estimate of drug-likeness (QED) is 0.551. The average molecular weight is 435 g/mol. The number of hydrogen-bond donors (Lipinski definition) is 0. The number of aryl methyl sites for hydroxylation is 1. The molecule has 1 atom stereocenters. The number of rotatable bonds is 7. The molecule has 5 heteroatoms. The van der Waals surface area contributed by atoms with Crippen molar-refractivity contribution >= 4 is 15.7 Å². The van der Waals surface area contributed by atoms with Crippen LogP contribution < -0.4 is 4.31 Å². The van der Waals surface area contributed by atoms with E-state index in [0.29, 0.717) is 18.9 Å². The zero-order valence-corrected chi connectivity index (χ0v) is 19.1. The third-order valence-electron chi connectivity index (χ3n) is 5.86.